The van der Waals surface area contributed by atoms with Crippen molar-refractivity contribution in [1.29, 1.82) is 0 Å². The Balaban J connectivity index is 1.53. The van der Waals surface area contributed by atoms with Gasteiger partial charge in [-0.15, -0.1) is 22.7 Å². The molecular formula is C15H14N4O2S3. The SMILES string of the molecule is CNC(=O)Cc1csc(NC(=O)CSc2nc3ccccc3s2)n1. The summed E-state index contributed by atoms with van der Waals surface area (Å²) in [6.07, 6.45) is 0.212. The summed E-state index contributed by atoms with van der Waals surface area (Å²) in [4.78, 5) is 32.0. The first-order valence-electron chi connectivity index (χ1n) is 7.07. The zero-order chi connectivity index (χ0) is 16.9. The zero-order valence-electron chi connectivity index (χ0n) is 12.7. The first kappa shape index (κ1) is 16.9. The highest BCUT2D eigenvalue weighted by Crippen LogP contribution is 2.29. The van der Waals surface area contributed by atoms with E-state index in [9.17, 15) is 9.59 Å². The number of rotatable bonds is 6. The summed E-state index contributed by atoms with van der Waals surface area (Å²) < 4.78 is 1.98. The third-order valence-electron chi connectivity index (χ3n) is 3.02. The second kappa shape index (κ2) is 7.73. The van der Waals surface area contributed by atoms with Crippen molar-refractivity contribution in [2.24, 2.45) is 0 Å². The molecule has 0 radical (unpaired) electrons. The van der Waals surface area contributed by atoms with Crippen molar-refractivity contribution in [2.45, 2.75) is 10.8 Å². The summed E-state index contributed by atoms with van der Waals surface area (Å²) in [5, 5.41) is 7.57. The fourth-order valence-electron chi connectivity index (χ4n) is 1.89. The maximum absolute atomic E-state index is 12.0. The number of carbonyl (C=O) groups excluding carboxylic acids is 2. The van der Waals surface area contributed by atoms with Gasteiger partial charge >= 0.3 is 0 Å². The molecule has 2 N–H and O–H groups in total. The molecule has 9 heteroatoms. The predicted octanol–water partition coefficient (Wildman–Crippen LogP) is 2.77. The molecule has 0 saturated carbocycles. The second-order valence-corrected chi connectivity index (χ2v) is 7.89. The van der Waals surface area contributed by atoms with Gasteiger partial charge in [-0.3, -0.25) is 9.59 Å². The number of likely N-dealkylation sites (N-methyl/N-ethyl adjacent to an activating group) is 1. The van der Waals surface area contributed by atoms with E-state index < -0.39 is 0 Å². The summed E-state index contributed by atoms with van der Waals surface area (Å²) >= 11 is 4.29. The predicted molar refractivity (Wildman–Crippen MR) is 98.9 cm³/mol. The molecule has 0 bridgehead atoms. The van der Waals surface area contributed by atoms with E-state index in [0.29, 0.717) is 10.8 Å². The van der Waals surface area contributed by atoms with Crippen molar-refractivity contribution in [3.05, 3.63) is 35.3 Å². The van der Waals surface area contributed by atoms with Gasteiger partial charge in [0.05, 0.1) is 28.1 Å². The van der Waals surface area contributed by atoms with Crippen molar-refractivity contribution in [1.82, 2.24) is 15.3 Å². The number of nitrogens with one attached hydrogen (secondary N) is 2. The number of anilines is 1. The van der Waals surface area contributed by atoms with Crippen molar-refractivity contribution >= 4 is 61.6 Å². The first-order valence-corrected chi connectivity index (χ1v) is 9.75. The molecule has 1 aromatic carbocycles. The molecule has 24 heavy (non-hydrogen) atoms. The van der Waals surface area contributed by atoms with E-state index >= 15 is 0 Å². The van der Waals surface area contributed by atoms with Crippen LogP contribution in [0.5, 0.6) is 0 Å². The fraction of sp³-hybridized carbons (Fsp3) is 0.200. The topological polar surface area (TPSA) is 84.0 Å². The molecule has 124 valence electrons. The monoisotopic (exact) mass is 378 g/mol. The van der Waals surface area contributed by atoms with Gasteiger partial charge in [0.25, 0.3) is 0 Å². The molecule has 0 unspecified atom stereocenters. The van der Waals surface area contributed by atoms with Crippen LogP contribution in [0.1, 0.15) is 5.69 Å². The highest BCUT2D eigenvalue weighted by molar-refractivity contribution is 8.01. The molecule has 0 aliphatic carbocycles. The Morgan fingerprint density at radius 1 is 1.21 bits per heavy atom. The van der Waals surface area contributed by atoms with E-state index in [2.05, 4.69) is 20.6 Å². The Morgan fingerprint density at radius 2 is 2.04 bits per heavy atom. The number of nitrogens with zero attached hydrogens (tertiary/aromatic N) is 2. The van der Waals surface area contributed by atoms with E-state index in [0.717, 1.165) is 14.6 Å². The molecule has 2 amide bonds. The third kappa shape index (κ3) is 4.31. The molecule has 3 aromatic rings. The van der Waals surface area contributed by atoms with Gasteiger partial charge in [0.1, 0.15) is 0 Å². The summed E-state index contributed by atoms with van der Waals surface area (Å²) in [6.45, 7) is 0. The lowest BCUT2D eigenvalue weighted by Gasteiger charge is -1.99. The quantitative estimate of drug-likeness (QED) is 0.645. The van der Waals surface area contributed by atoms with Crippen LogP contribution < -0.4 is 10.6 Å². The smallest absolute Gasteiger partial charge is 0.236 e. The molecule has 0 atom stereocenters. The van der Waals surface area contributed by atoms with E-state index in [1.54, 1.807) is 23.8 Å². The van der Waals surface area contributed by atoms with Gasteiger partial charge in [0.2, 0.25) is 11.8 Å². The largest absolute Gasteiger partial charge is 0.359 e. The van der Waals surface area contributed by atoms with Crippen LogP contribution in [-0.4, -0.2) is 34.6 Å². The van der Waals surface area contributed by atoms with Gasteiger partial charge in [-0.25, -0.2) is 9.97 Å². The number of amides is 2. The molecule has 0 aliphatic heterocycles. The van der Waals surface area contributed by atoms with Crippen molar-refractivity contribution in [2.75, 3.05) is 18.1 Å². The first-order chi connectivity index (χ1) is 11.6. The molecule has 0 fully saturated rings. The van der Waals surface area contributed by atoms with Gasteiger partial charge in [0.15, 0.2) is 9.47 Å². The Labute approximate surface area is 150 Å². The van der Waals surface area contributed by atoms with Gasteiger partial charge < -0.3 is 10.6 Å². The van der Waals surface area contributed by atoms with E-state index in [-0.39, 0.29) is 24.0 Å². The molecule has 0 saturated heterocycles. The van der Waals surface area contributed by atoms with Crippen molar-refractivity contribution < 1.29 is 9.59 Å². The van der Waals surface area contributed by atoms with Crippen LogP contribution in [0, 0.1) is 0 Å². The lowest BCUT2D eigenvalue weighted by atomic mass is 10.3. The number of fused-ring (bicyclic) bond motifs is 1. The van der Waals surface area contributed by atoms with Gasteiger partial charge in [0, 0.05) is 12.4 Å². The highest BCUT2D eigenvalue weighted by Gasteiger charge is 2.11. The van der Waals surface area contributed by atoms with Gasteiger partial charge in [-0.05, 0) is 12.1 Å². The maximum atomic E-state index is 12.0. The Kier molecular flexibility index (Phi) is 5.44. The number of thioether (sulfide) groups is 1. The minimum absolute atomic E-state index is 0.107. The summed E-state index contributed by atoms with van der Waals surface area (Å²) in [5.74, 6) is 0.0224. The average Bonchev–Trinajstić information content (AvgIpc) is 3.19. The van der Waals surface area contributed by atoms with Crippen LogP contribution in [-0.2, 0) is 16.0 Å². The van der Waals surface area contributed by atoms with Crippen LogP contribution in [0.25, 0.3) is 10.2 Å². The molecular weight excluding hydrogens is 364 g/mol. The van der Waals surface area contributed by atoms with E-state index in [1.165, 1.54) is 23.1 Å². The Hall–Kier alpha value is -1.97. The zero-order valence-corrected chi connectivity index (χ0v) is 15.2. The molecule has 3 rings (SSSR count). The molecule has 2 aromatic heterocycles. The van der Waals surface area contributed by atoms with E-state index in [4.69, 9.17) is 0 Å². The molecule has 2 heterocycles. The van der Waals surface area contributed by atoms with Crippen LogP contribution in [0.3, 0.4) is 0 Å². The van der Waals surface area contributed by atoms with Crippen molar-refractivity contribution in [3.63, 3.8) is 0 Å². The van der Waals surface area contributed by atoms with Crippen LogP contribution in [0.2, 0.25) is 0 Å². The van der Waals surface area contributed by atoms with Crippen LogP contribution in [0.4, 0.5) is 5.13 Å². The number of benzene rings is 1. The summed E-state index contributed by atoms with van der Waals surface area (Å²) in [5.41, 5.74) is 1.60. The van der Waals surface area contributed by atoms with Crippen LogP contribution in [0.15, 0.2) is 34.0 Å². The average molecular weight is 379 g/mol. The lowest BCUT2D eigenvalue weighted by molar-refractivity contribution is -0.120. The Bertz CT molecular complexity index is 841. The van der Waals surface area contributed by atoms with Gasteiger partial charge in [-0.2, -0.15) is 0 Å². The van der Waals surface area contributed by atoms with E-state index in [1.807, 2.05) is 24.3 Å². The number of hydrogen-bond acceptors (Lipinski definition) is 7. The Morgan fingerprint density at radius 3 is 2.83 bits per heavy atom. The standard InChI is InChI=1S/C15H14N4O2S3/c1-16-12(20)6-9-7-22-14(17-9)19-13(21)8-23-15-18-10-4-2-3-5-11(10)24-15/h2-5,7H,6,8H2,1H3,(H,16,20)(H,17,19,21). The number of thiazole rings is 2. The molecule has 0 aliphatic rings. The number of carbonyl (C=O) groups is 2. The van der Waals surface area contributed by atoms with Crippen molar-refractivity contribution in [3.8, 4) is 0 Å². The normalized spacial score (nSPS) is 10.7. The number of para-hydroxylation sites is 1. The fourth-order valence-corrected chi connectivity index (χ4v) is 4.49. The van der Waals surface area contributed by atoms with Gasteiger partial charge in [-0.1, -0.05) is 23.9 Å². The summed E-state index contributed by atoms with van der Waals surface area (Å²) in [7, 11) is 1.58. The summed E-state index contributed by atoms with van der Waals surface area (Å²) in [6, 6.07) is 7.89. The highest BCUT2D eigenvalue weighted by atomic mass is 32.2. The minimum atomic E-state index is -0.139. The lowest BCUT2D eigenvalue weighted by Crippen LogP contribution is -2.20. The molecule has 6 nitrogen and oxygen atoms in total. The maximum Gasteiger partial charge on any atom is 0.236 e. The number of aromatic nitrogens is 2. The number of hydrogen-bond donors (Lipinski definition) is 2. The second-order valence-electron chi connectivity index (χ2n) is 4.78. The third-order valence-corrected chi connectivity index (χ3v) is 6.01. The molecule has 0 spiro atoms. The minimum Gasteiger partial charge on any atom is -0.359 e. The van der Waals surface area contributed by atoms with Crippen LogP contribution >= 0.6 is 34.4 Å².